The number of rotatable bonds is 6. The highest BCUT2D eigenvalue weighted by Gasteiger charge is 2.23. The van der Waals surface area contributed by atoms with Crippen LogP contribution in [0.3, 0.4) is 0 Å². The molecule has 358 valence electrons. The van der Waals surface area contributed by atoms with Crippen molar-refractivity contribution in [2.45, 2.75) is 0 Å². The number of nitrogens with zero attached hydrogens (tertiary/aromatic N) is 5. The molecule has 0 fully saturated rings. The van der Waals surface area contributed by atoms with Gasteiger partial charge in [0.25, 0.3) is 0 Å². The summed E-state index contributed by atoms with van der Waals surface area (Å²) in [6, 6.07) is 100. The summed E-state index contributed by atoms with van der Waals surface area (Å²) in [6.45, 7) is 0. The molecule has 0 bridgehead atoms. The predicted molar refractivity (Wildman–Crippen MR) is 324 cm³/mol. The third kappa shape index (κ3) is 5.94. The molecule has 0 N–H and O–H groups in total. The van der Waals surface area contributed by atoms with Crippen LogP contribution in [0.2, 0.25) is 0 Å². The molecule has 0 amide bonds. The van der Waals surface area contributed by atoms with Crippen LogP contribution in [-0.2, 0) is 0 Å². The molecule has 0 unspecified atom stereocenters. The van der Waals surface area contributed by atoms with Gasteiger partial charge in [0, 0.05) is 82.3 Å². The van der Waals surface area contributed by atoms with Crippen molar-refractivity contribution < 1.29 is 0 Å². The van der Waals surface area contributed by atoms with Crippen molar-refractivity contribution >= 4 is 109 Å². The monoisotopic (exact) mass is 979 g/mol. The van der Waals surface area contributed by atoms with Gasteiger partial charge in [0.05, 0.1) is 55.2 Å². The molecule has 5 nitrogen and oxygen atoms in total. The highest BCUT2D eigenvalue weighted by Crippen LogP contribution is 2.45. The molecule has 5 heterocycles. The zero-order chi connectivity index (χ0) is 50.3. The lowest BCUT2D eigenvalue weighted by Gasteiger charge is -2.12. The van der Waals surface area contributed by atoms with E-state index in [2.05, 4.69) is 296 Å². The number of benzene rings is 12. The van der Waals surface area contributed by atoms with E-state index in [0.29, 0.717) is 0 Å². The zero-order valence-corrected chi connectivity index (χ0v) is 41.7. The van der Waals surface area contributed by atoms with E-state index in [9.17, 15) is 0 Å². The van der Waals surface area contributed by atoms with E-state index < -0.39 is 0 Å². The Balaban J connectivity index is 0.762. The second-order valence-corrected chi connectivity index (χ2v) is 20.4. The molecular weight excluding hydrogens is 935 g/mol. The molecule has 0 aliphatic carbocycles. The molecule has 17 aromatic rings. The lowest BCUT2D eigenvalue weighted by molar-refractivity contribution is 1.14. The smallest absolute Gasteiger partial charge is 0.0548 e. The number of para-hydroxylation sites is 7. The Hall–Kier alpha value is -10.4. The summed E-state index contributed by atoms with van der Waals surface area (Å²) in [4.78, 5) is 0. The van der Waals surface area contributed by atoms with Crippen molar-refractivity contribution in [1.29, 1.82) is 0 Å². The van der Waals surface area contributed by atoms with E-state index in [1.165, 1.54) is 120 Å². The van der Waals surface area contributed by atoms with Gasteiger partial charge in [-0.1, -0.05) is 146 Å². The van der Waals surface area contributed by atoms with Crippen LogP contribution in [0.15, 0.2) is 273 Å². The number of fused-ring (bicyclic) bond motifs is 17. The maximum absolute atomic E-state index is 2.44. The standard InChI is InChI=1S/C72H45N5/c1-3-17-48(18-4-1)74-60-27-13-8-22-54(60)69-65(74)41-43-67-71(69)56-24-10-15-29-62(56)76(67)50-34-31-46(32-35-50)47-33-40-64-58(45-47)53-21-7-12-26-59(53)73(64)51-36-38-52(39-37-51)77-63-30-16-11-25-57(63)72-68(77)44-42-66-70(72)55-23-9-14-28-61(55)75(66)49-19-5-2-6-20-49/h1-45H. The van der Waals surface area contributed by atoms with Gasteiger partial charge in [-0.2, -0.15) is 0 Å². The van der Waals surface area contributed by atoms with Crippen molar-refractivity contribution in [1.82, 2.24) is 22.8 Å². The lowest BCUT2D eigenvalue weighted by Crippen LogP contribution is -1.97. The molecule has 0 atom stereocenters. The highest BCUT2D eigenvalue weighted by atomic mass is 15.0. The van der Waals surface area contributed by atoms with Gasteiger partial charge in [-0.3, -0.25) is 0 Å². The summed E-state index contributed by atoms with van der Waals surface area (Å²) < 4.78 is 12.1. The van der Waals surface area contributed by atoms with E-state index >= 15 is 0 Å². The first-order chi connectivity index (χ1) is 38.2. The Kier molecular flexibility index (Phi) is 8.77. The summed E-state index contributed by atoms with van der Waals surface area (Å²) in [6.07, 6.45) is 0. The number of hydrogen-bond acceptors (Lipinski definition) is 0. The minimum absolute atomic E-state index is 1.12. The molecule has 12 aromatic carbocycles. The SMILES string of the molecule is c1ccc(-n2c3ccccc3c3c4c5ccccc5n(-c5ccc(-c6ccc7c(c6)c6ccccc6n7-c6ccc(-n7c8ccccc8c8c9c%10ccccc%10n(-c%10ccccc%10)c9ccc87)cc6)cc5)c4ccc32)cc1. The number of hydrogen-bond donors (Lipinski definition) is 0. The summed E-state index contributed by atoms with van der Waals surface area (Å²) in [5.74, 6) is 0. The van der Waals surface area contributed by atoms with E-state index in [1.54, 1.807) is 0 Å². The Bertz CT molecular complexity index is 5240. The summed E-state index contributed by atoms with van der Waals surface area (Å²) in [5, 5.41) is 12.6. The van der Waals surface area contributed by atoms with E-state index in [4.69, 9.17) is 0 Å². The third-order valence-electron chi connectivity index (χ3n) is 16.5. The second kappa shape index (κ2) is 16.1. The molecule has 77 heavy (non-hydrogen) atoms. The molecule has 0 radical (unpaired) electrons. The topological polar surface area (TPSA) is 24.6 Å². The number of aromatic nitrogens is 5. The average molecular weight is 980 g/mol. The molecule has 0 aliphatic heterocycles. The minimum atomic E-state index is 1.12. The first-order valence-electron chi connectivity index (χ1n) is 26.5. The predicted octanol–water partition coefficient (Wildman–Crippen LogP) is 18.8. The van der Waals surface area contributed by atoms with Crippen LogP contribution in [0, 0.1) is 0 Å². The maximum Gasteiger partial charge on any atom is 0.0548 e. The van der Waals surface area contributed by atoms with Crippen LogP contribution in [0.5, 0.6) is 0 Å². The Morgan fingerprint density at radius 2 is 0.403 bits per heavy atom. The van der Waals surface area contributed by atoms with Crippen LogP contribution in [0.4, 0.5) is 0 Å². The highest BCUT2D eigenvalue weighted by molar-refractivity contribution is 6.30. The van der Waals surface area contributed by atoms with E-state index in [0.717, 1.165) is 28.4 Å². The average Bonchev–Trinajstić information content (AvgIpc) is 4.48. The van der Waals surface area contributed by atoms with Gasteiger partial charge in [-0.15, -0.1) is 0 Å². The Morgan fingerprint density at radius 1 is 0.156 bits per heavy atom. The van der Waals surface area contributed by atoms with Gasteiger partial charge in [0.1, 0.15) is 0 Å². The summed E-state index contributed by atoms with van der Waals surface area (Å²) in [7, 11) is 0. The maximum atomic E-state index is 2.44. The molecule has 0 spiro atoms. The van der Waals surface area contributed by atoms with Crippen molar-refractivity contribution in [3.63, 3.8) is 0 Å². The largest absolute Gasteiger partial charge is 0.309 e. The lowest BCUT2D eigenvalue weighted by atomic mass is 10.0. The second-order valence-electron chi connectivity index (χ2n) is 20.4. The normalized spacial score (nSPS) is 12.2. The Morgan fingerprint density at radius 3 is 0.779 bits per heavy atom. The fourth-order valence-electron chi connectivity index (χ4n) is 13.3. The fraction of sp³-hybridized carbons (Fsp3) is 0. The van der Waals surface area contributed by atoms with Crippen molar-refractivity contribution in [3.8, 4) is 39.6 Å². The molecule has 0 aliphatic rings. The van der Waals surface area contributed by atoms with Crippen LogP contribution in [0.25, 0.3) is 149 Å². The minimum Gasteiger partial charge on any atom is -0.309 e. The van der Waals surface area contributed by atoms with Crippen LogP contribution in [0.1, 0.15) is 0 Å². The molecule has 0 saturated carbocycles. The van der Waals surface area contributed by atoms with Crippen molar-refractivity contribution in [2.24, 2.45) is 0 Å². The van der Waals surface area contributed by atoms with Gasteiger partial charge in [-0.25, -0.2) is 0 Å². The molecule has 17 rings (SSSR count). The molecule has 5 heteroatoms. The summed E-state index contributed by atoms with van der Waals surface area (Å²) in [5.41, 5.74) is 20.1. The van der Waals surface area contributed by atoms with Crippen LogP contribution < -0.4 is 0 Å². The van der Waals surface area contributed by atoms with Crippen molar-refractivity contribution in [3.05, 3.63) is 273 Å². The third-order valence-corrected chi connectivity index (χ3v) is 16.5. The Labute approximate surface area is 442 Å². The van der Waals surface area contributed by atoms with Gasteiger partial charge in [-0.05, 0) is 139 Å². The van der Waals surface area contributed by atoms with E-state index in [1.807, 2.05) is 0 Å². The van der Waals surface area contributed by atoms with Gasteiger partial charge in [0.2, 0.25) is 0 Å². The van der Waals surface area contributed by atoms with Crippen LogP contribution in [-0.4, -0.2) is 22.8 Å². The summed E-state index contributed by atoms with van der Waals surface area (Å²) >= 11 is 0. The quantitative estimate of drug-likeness (QED) is 0.159. The van der Waals surface area contributed by atoms with E-state index in [-0.39, 0.29) is 0 Å². The van der Waals surface area contributed by atoms with Crippen molar-refractivity contribution in [2.75, 3.05) is 0 Å². The first kappa shape index (κ1) is 42.0. The molecular formula is C72H45N5. The van der Waals surface area contributed by atoms with Crippen LogP contribution >= 0.6 is 0 Å². The van der Waals surface area contributed by atoms with Gasteiger partial charge >= 0.3 is 0 Å². The van der Waals surface area contributed by atoms with Gasteiger partial charge in [0.15, 0.2) is 0 Å². The molecule has 0 saturated heterocycles. The molecule has 5 aromatic heterocycles. The zero-order valence-electron chi connectivity index (χ0n) is 41.7. The first-order valence-corrected chi connectivity index (χ1v) is 26.5. The fourth-order valence-corrected chi connectivity index (χ4v) is 13.3. The van der Waals surface area contributed by atoms with Gasteiger partial charge < -0.3 is 22.8 Å².